The number of Topliss-reactive ketones (excluding diaryl/α,β-unsaturated/α-hetero) is 1. The number of carbonyl (C=O) groups excluding carboxylic acids is 3. The molecule has 1 aliphatic heterocycles. The van der Waals surface area contributed by atoms with E-state index in [0.717, 1.165) is 0 Å². The van der Waals surface area contributed by atoms with E-state index in [2.05, 4.69) is 0 Å². The van der Waals surface area contributed by atoms with Gasteiger partial charge in [0.1, 0.15) is 23.9 Å². The molecule has 5 rings (SSSR count). The molecule has 1 aromatic carbocycles. The Kier molecular flexibility index (Phi) is 6.12. The van der Waals surface area contributed by atoms with Gasteiger partial charge in [0.2, 0.25) is 0 Å². The first-order valence-electron chi connectivity index (χ1n) is 12.4. The Morgan fingerprint density at radius 2 is 1.81 bits per heavy atom. The van der Waals surface area contributed by atoms with Gasteiger partial charge in [-0.1, -0.05) is 18.2 Å². The molecule has 200 valence electrons. The summed E-state index contributed by atoms with van der Waals surface area (Å²) >= 11 is 0. The number of carbonyl (C=O) groups is 3. The van der Waals surface area contributed by atoms with Crippen LogP contribution in [0.5, 0.6) is 0 Å². The highest BCUT2D eigenvalue weighted by Gasteiger charge is 2.75. The van der Waals surface area contributed by atoms with Crippen molar-refractivity contribution in [2.75, 3.05) is 6.61 Å². The molecule has 4 aliphatic rings. The molecule has 0 spiro atoms. The van der Waals surface area contributed by atoms with Gasteiger partial charge in [-0.15, -0.1) is 0 Å². The van der Waals surface area contributed by atoms with Gasteiger partial charge in [-0.05, 0) is 37.1 Å². The molecular weight excluding hydrogens is 484 g/mol. The predicted octanol–water partition coefficient (Wildman–Crippen LogP) is 0.446. The van der Waals surface area contributed by atoms with Gasteiger partial charge in [-0.3, -0.25) is 9.59 Å². The fraction of sp³-hybridized carbons (Fsp3) is 0.593. The Morgan fingerprint density at radius 1 is 1.14 bits per heavy atom. The maximum Gasteiger partial charge on any atom is 0.338 e. The highest BCUT2D eigenvalue weighted by molar-refractivity contribution is 5.93. The largest absolute Gasteiger partial charge is 0.455 e. The minimum atomic E-state index is -1.96. The lowest BCUT2D eigenvalue weighted by molar-refractivity contribution is -0.340. The predicted molar refractivity (Wildman–Crippen MR) is 126 cm³/mol. The number of rotatable bonds is 3. The number of hydrogen-bond donors (Lipinski definition) is 4. The summed E-state index contributed by atoms with van der Waals surface area (Å²) < 4.78 is 17.5. The van der Waals surface area contributed by atoms with Crippen molar-refractivity contribution >= 4 is 17.7 Å². The number of benzene rings is 1. The number of aliphatic hydroxyl groups is 4. The van der Waals surface area contributed by atoms with E-state index in [1.54, 1.807) is 25.1 Å². The van der Waals surface area contributed by atoms with Crippen molar-refractivity contribution in [1.82, 2.24) is 0 Å². The summed E-state index contributed by atoms with van der Waals surface area (Å²) in [6.07, 6.45) is -7.29. The van der Waals surface area contributed by atoms with E-state index >= 15 is 0 Å². The highest BCUT2D eigenvalue weighted by atomic mass is 16.6. The Balaban J connectivity index is 1.74. The third kappa shape index (κ3) is 3.69. The van der Waals surface area contributed by atoms with Crippen LogP contribution in [0, 0.1) is 11.3 Å². The molecule has 37 heavy (non-hydrogen) atoms. The number of aliphatic hydroxyl groups excluding tert-OH is 3. The lowest BCUT2D eigenvalue weighted by Gasteiger charge is -2.65. The number of esters is 2. The van der Waals surface area contributed by atoms with Crippen molar-refractivity contribution in [3.8, 4) is 0 Å². The first-order valence-corrected chi connectivity index (χ1v) is 12.4. The summed E-state index contributed by atoms with van der Waals surface area (Å²) in [6.45, 7) is 4.04. The SMILES string of the molecule is CC(=O)O[C@@]12CO[C@@H]1C[C@H](O)[C@@]1(C)C(=O)[C@H](O)C3=C(C)C(O)C[C@](O)(C3)[C@@H](OC(=O)c3ccccc3)[C@H]21. The van der Waals surface area contributed by atoms with E-state index in [9.17, 15) is 34.8 Å². The van der Waals surface area contributed by atoms with Crippen LogP contribution in [0.3, 0.4) is 0 Å². The molecule has 10 nitrogen and oxygen atoms in total. The molecule has 1 unspecified atom stereocenters. The zero-order chi connectivity index (χ0) is 26.9. The van der Waals surface area contributed by atoms with E-state index in [1.165, 1.54) is 26.0 Å². The summed E-state index contributed by atoms with van der Waals surface area (Å²) in [5.74, 6) is -3.54. The maximum atomic E-state index is 14.0. The van der Waals surface area contributed by atoms with Crippen LogP contribution in [0.15, 0.2) is 41.5 Å². The van der Waals surface area contributed by atoms with Crippen molar-refractivity contribution in [3.05, 3.63) is 47.0 Å². The Hall–Kier alpha value is -2.63. The molecule has 2 bridgehead atoms. The van der Waals surface area contributed by atoms with Crippen LogP contribution in [0.25, 0.3) is 0 Å². The van der Waals surface area contributed by atoms with Gasteiger partial charge in [0.15, 0.2) is 11.4 Å². The van der Waals surface area contributed by atoms with Crippen molar-refractivity contribution in [2.24, 2.45) is 11.3 Å². The number of ether oxygens (including phenoxy) is 3. The molecule has 0 amide bonds. The summed E-state index contributed by atoms with van der Waals surface area (Å²) in [5.41, 5.74) is -4.65. The van der Waals surface area contributed by atoms with Crippen LogP contribution in [0.1, 0.15) is 50.4 Å². The highest BCUT2D eigenvalue weighted by Crippen LogP contribution is 2.60. The average molecular weight is 517 g/mol. The molecule has 1 aromatic rings. The molecule has 9 atom stereocenters. The van der Waals surface area contributed by atoms with Gasteiger partial charge in [0, 0.05) is 26.2 Å². The van der Waals surface area contributed by atoms with Gasteiger partial charge in [-0.2, -0.15) is 0 Å². The number of hydrogen-bond acceptors (Lipinski definition) is 10. The fourth-order valence-electron chi connectivity index (χ4n) is 6.87. The van der Waals surface area contributed by atoms with E-state index in [0.29, 0.717) is 5.57 Å². The molecule has 2 saturated carbocycles. The topological polar surface area (TPSA) is 160 Å². The van der Waals surface area contributed by atoms with Crippen LogP contribution in [0.2, 0.25) is 0 Å². The zero-order valence-corrected chi connectivity index (χ0v) is 20.9. The molecule has 3 aliphatic carbocycles. The smallest absolute Gasteiger partial charge is 0.338 e. The quantitative estimate of drug-likeness (QED) is 0.328. The second-order valence-corrected chi connectivity index (χ2v) is 11.0. The minimum Gasteiger partial charge on any atom is -0.455 e. The first kappa shape index (κ1) is 26.0. The molecule has 3 fully saturated rings. The summed E-state index contributed by atoms with van der Waals surface area (Å²) in [4.78, 5) is 39.7. The van der Waals surface area contributed by atoms with Gasteiger partial charge in [0.05, 0.1) is 35.7 Å². The van der Waals surface area contributed by atoms with Crippen molar-refractivity contribution in [3.63, 3.8) is 0 Å². The monoisotopic (exact) mass is 516 g/mol. The van der Waals surface area contributed by atoms with Crippen LogP contribution in [-0.2, 0) is 23.8 Å². The summed E-state index contributed by atoms with van der Waals surface area (Å²) in [5, 5.41) is 45.5. The molecule has 10 heteroatoms. The zero-order valence-electron chi connectivity index (χ0n) is 20.9. The van der Waals surface area contributed by atoms with Crippen molar-refractivity contribution in [2.45, 2.75) is 81.8 Å². The fourth-order valence-corrected chi connectivity index (χ4v) is 6.87. The average Bonchev–Trinajstić information content (AvgIpc) is 2.85. The van der Waals surface area contributed by atoms with Gasteiger partial charge in [-0.25, -0.2) is 4.79 Å². The molecule has 0 radical (unpaired) electrons. The van der Waals surface area contributed by atoms with E-state index < -0.39 is 70.8 Å². The lowest BCUT2D eigenvalue weighted by Crippen LogP contribution is -2.80. The van der Waals surface area contributed by atoms with E-state index in [4.69, 9.17) is 14.2 Å². The minimum absolute atomic E-state index is 0.0722. The van der Waals surface area contributed by atoms with Crippen LogP contribution in [0.4, 0.5) is 0 Å². The third-order valence-corrected chi connectivity index (χ3v) is 8.93. The Morgan fingerprint density at radius 3 is 2.41 bits per heavy atom. The van der Waals surface area contributed by atoms with Crippen LogP contribution >= 0.6 is 0 Å². The van der Waals surface area contributed by atoms with E-state index in [1.807, 2.05) is 0 Å². The van der Waals surface area contributed by atoms with Gasteiger partial charge < -0.3 is 34.6 Å². The second-order valence-electron chi connectivity index (χ2n) is 11.0. The molecule has 4 N–H and O–H groups in total. The number of fused-ring (bicyclic) bond motifs is 5. The molecule has 1 saturated heterocycles. The molecule has 0 aromatic heterocycles. The molecular formula is C27H32O10. The van der Waals surface area contributed by atoms with Crippen LogP contribution < -0.4 is 0 Å². The van der Waals surface area contributed by atoms with Gasteiger partial charge >= 0.3 is 11.9 Å². The standard InChI is InChI=1S/C27H32O10/c1-13-16-10-26(34,11-17(13)29)23(36-24(33)15-7-5-4-6-8-15)21-25(3,22(32)20(16)31)18(30)9-19-27(21,12-35-19)37-14(2)28/h4-8,17-21,23,29-31,34H,9-12H2,1-3H3/t17?,18-,19+,20+,21-,23-,25+,26+,27-/m0/s1. The lowest BCUT2D eigenvalue weighted by atomic mass is 9.48. The maximum absolute atomic E-state index is 14.0. The van der Waals surface area contributed by atoms with Crippen LogP contribution in [-0.4, -0.2) is 86.5 Å². The third-order valence-electron chi connectivity index (χ3n) is 8.93. The second kappa shape index (κ2) is 8.71. The summed E-state index contributed by atoms with van der Waals surface area (Å²) in [6, 6.07) is 8.06. The number of ketones is 1. The van der Waals surface area contributed by atoms with E-state index in [-0.39, 0.29) is 37.0 Å². The van der Waals surface area contributed by atoms with Crippen molar-refractivity contribution < 1.29 is 49.0 Å². The van der Waals surface area contributed by atoms with Gasteiger partial charge in [0.25, 0.3) is 0 Å². The normalized spacial score (nSPS) is 42.9. The molecule has 1 heterocycles. The Bertz CT molecular complexity index is 1160. The Labute approximate surface area is 213 Å². The van der Waals surface area contributed by atoms with Crippen molar-refractivity contribution in [1.29, 1.82) is 0 Å². The first-order chi connectivity index (χ1) is 17.3. The summed E-state index contributed by atoms with van der Waals surface area (Å²) in [7, 11) is 0.